The SMILES string of the molecule is CN[C@H](C)COc1cnc(Cl)c(C)c1. The van der Waals surface area contributed by atoms with Crippen molar-refractivity contribution in [1.82, 2.24) is 10.3 Å². The van der Waals surface area contributed by atoms with Crippen molar-refractivity contribution < 1.29 is 4.74 Å². The molecule has 0 spiro atoms. The number of halogens is 1. The van der Waals surface area contributed by atoms with Gasteiger partial charge >= 0.3 is 0 Å². The molecular weight excluding hydrogens is 200 g/mol. The molecular formula is C10H15ClN2O. The molecule has 1 rings (SSSR count). The molecule has 0 amide bonds. The summed E-state index contributed by atoms with van der Waals surface area (Å²) in [4.78, 5) is 4.00. The maximum atomic E-state index is 5.79. The van der Waals surface area contributed by atoms with Crippen molar-refractivity contribution >= 4 is 11.6 Å². The van der Waals surface area contributed by atoms with Crippen molar-refractivity contribution in [3.63, 3.8) is 0 Å². The van der Waals surface area contributed by atoms with Gasteiger partial charge in [-0.2, -0.15) is 0 Å². The van der Waals surface area contributed by atoms with Gasteiger partial charge in [0.25, 0.3) is 0 Å². The van der Waals surface area contributed by atoms with Crippen LogP contribution in [-0.4, -0.2) is 24.7 Å². The zero-order valence-corrected chi connectivity index (χ0v) is 9.43. The van der Waals surface area contributed by atoms with Crippen molar-refractivity contribution in [2.24, 2.45) is 0 Å². The largest absolute Gasteiger partial charge is 0.490 e. The molecule has 1 aromatic heterocycles. The number of hydrogen-bond donors (Lipinski definition) is 1. The highest BCUT2D eigenvalue weighted by molar-refractivity contribution is 6.30. The van der Waals surface area contributed by atoms with E-state index in [1.807, 2.05) is 20.0 Å². The number of likely N-dealkylation sites (N-methyl/N-ethyl adjacent to an activating group) is 1. The Bertz CT molecular complexity index is 304. The van der Waals surface area contributed by atoms with E-state index in [-0.39, 0.29) is 0 Å². The summed E-state index contributed by atoms with van der Waals surface area (Å²) < 4.78 is 5.51. The lowest BCUT2D eigenvalue weighted by molar-refractivity contribution is 0.279. The first kappa shape index (κ1) is 11.3. The molecule has 0 unspecified atom stereocenters. The van der Waals surface area contributed by atoms with Crippen LogP contribution >= 0.6 is 11.6 Å². The van der Waals surface area contributed by atoms with E-state index in [1.165, 1.54) is 0 Å². The van der Waals surface area contributed by atoms with Gasteiger partial charge in [0, 0.05) is 6.04 Å². The molecule has 1 atom stereocenters. The van der Waals surface area contributed by atoms with Gasteiger partial charge < -0.3 is 10.1 Å². The minimum absolute atomic E-state index is 0.325. The number of aryl methyl sites for hydroxylation is 1. The fourth-order valence-corrected chi connectivity index (χ4v) is 1.02. The lowest BCUT2D eigenvalue weighted by Gasteiger charge is -2.12. The molecule has 0 aromatic carbocycles. The third kappa shape index (κ3) is 3.16. The van der Waals surface area contributed by atoms with E-state index in [4.69, 9.17) is 16.3 Å². The van der Waals surface area contributed by atoms with Crippen LogP contribution in [0.25, 0.3) is 0 Å². The van der Waals surface area contributed by atoms with Crippen LogP contribution in [0.4, 0.5) is 0 Å². The first-order valence-corrected chi connectivity index (χ1v) is 4.93. The Morgan fingerprint density at radius 2 is 2.36 bits per heavy atom. The zero-order chi connectivity index (χ0) is 10.6. The molecule has 0 bridgehead atoms. The number of rotatable bonds is 4. The minimum atomic E-state index is 0.325. The first-order chi connectivity index (χ1) is 6.63. The summed E-state index contributed by atoms with van der Waals surface area (Å²) >= 11 is 5.79. The summed E-state index contributed by atoms with van der Waals surface area (Å²) in [5, 5.41) is 3.62. The normalized spacial score (nSPS) is 12.6. The van der Waals surface area contributed by atoms with Crippen LogP contribution in [0.15, 0.2) is 12.3 Å². The molecule has 0 radical (unpaired) electrons. The van der Waals surface area contributed by atoms with Crippen LogP contribution in [0.3, 0.4) is 0 Å². The minimum Gasteiger partial charge on any atom is -0.490 e. The van der Waals surface area contributed by atoms with Gasteiger partial charge in [-0.1, -0.05) is 11.6 Å². The van der Waals surface area contributed by atoms with Crippen LogP contribution in [0.5, 0.6) is 5.75 Å². The summed E-state index contributed by atoms with van der Waals surface area (Å²) in [6.07, 6.45) is 1.64. The van der Waals surface area contributed by atoms with Crippen LogP contribution in [0.1, 0.15) is 12.5 Å². The summed E-state index contributed by atoms with van der Waals surface area (Å²) in [5.41, 5.74) is 0.932. The maximum Gasteiger partial charge on any atom is 0.138 e. The van der Waals surface area contributed by atoms with Crippen molar-refractivity contribution in [1.29, 1.82) is 0 Å². The molecule has 1 N–H and O–H groups in total. The summed E-state index contributed by atoms with van der Waals surface area (Å²) in [5.74, 6) is 0.758. The predicted molar refractivity (Wildman–Crippen MR) is 58.0 cm³/mol. The predicted octanol–water partition coefficient (Wildman–Crippen LogP) is 2.03. The number of ether oxygens (including phenoxy) is 1. The smallest absolute Gasteiger partial charge is 0.138 e. The molecule has 3 nitrogen and oxygen atoms in total. The summed E-state index contributed by atoms with van der Waals surface area (Å²) in [6, 6.07) is 2.21. The Hall–Kier alpha value is -0.800. The highest BCUT2D eigenvalue weighted by atomic mass is 35.5. The first-order valence-electron chi connectivity index (χ1n) is 4.55. The summed E-state index contributed by atoms with van der Waals surface area (Å²) in [6.45, 7) is 4.58. The van der Waals surface area contributed by atoms with Gasteiger partial charge in [0.2, 0.25) is 0 Å². The molecule has 78 valence electrons. The third-order valence-electron chi connectivity index (χ3n) is 1.98. The number of pyridine rings is 1. The van der Waals surface area contributed by atoms with E-state index in [9.17, 15) is 0 Å². The second kappa shape index (κ2) is 5.17. The van der Waals surface area contributed by atoms with Crippen molar-refractivity contribution in [3.8, 4) is 5.75 Å². The molecule has 0 aliphatic carbocycles. The van der Waals surface area contributed by atoms with Gasteiger partial charge in [-0.05, 0) is 32.5 Å². The fraction of sp³-hybridized carbons (Fsp3) is 0.500. The van der Waals surface area contributed by atoms with E-state index in [0.717, 1.165) is 11.3 Å². The second-order valence-corrected chi connectivity index (χ2v) is 3.64. The van der Waals surface area contributed by atoms with Gasteiger partial charge in [-0.15, -0.1) is 0 Å². The Balaban J connectivity index is 2.55. The Kier molecular flexibility index (Phi) is 4.17. The van der Waals surface area contributed by atoms with Crippen molar-refractivity contribution in [3.05, 3.63) is 23.0 Å². The molecule has 1 aromatic rings. The van der Waals surface area contributed by atoms with Crippen LogP contribution < -0.4 is 10.1 Å². The Morgan fingerprint density at radius 3 is 2.93 bits per heavy atom. The lowest BCUT2D eigenvalue weighted by atomic mass is 10.3. The fourth-order valence-electron chi connectivity index (χ4n) is 0.916. The van der Waals surface area contributed by atoms with Gasteiger partial charge in [-0.3, -0.25) is 0 Å². The second-order valence-electron chi connectivity index (χ2n) is 3.28. The van der Waals surface area contributed by atoms with Gasteiger partial charge in [0.05, 0.1) is 6.20 Å². The summed E-state index contributed by atoms with van der Waals surface area (Å²) in [7, 11) is 1.90. The van der Waals surface area contributed by atoms with Crippen molar-refractivity contribution in [2.75, 3.05) is 13.7 Å². The standard InChI is InChI=1S/C10H15ClN2O/c1-7-4-9(5-13-10(7)11)14-6-8(2)12-3/h4-5,8,12H,6H2,1-3H3/t8-/m1/s1. The van der Waals surface area contributed by atoms with E-state index >= 15 is 0 Å². The molecule has 0 aliphatic rings. The number of nitrogens with zero attached hydrogens (tertiary/aromatic N) is 1. The average Bonchev–Trinajstić information content (AvgIpc) is 2.19. The molecule has 0 saturated heterocycles. The Morgan fingerprint density at radius 1 is 1.64 bits per heavy atom. The van der Waals surface area contributed by atoms with E-state index < -0.39 is 0 Å². The Labute approximate surface area is 89.4 Å². The van der Waals surface area contributed by atoms with E-state index in [1.54, 1.807) is 6.20 Å². The van der Waals surface area contributed by atoms with Gasteiger partial charge in [-0.25, -0.2) is 4.98 Å². The third-order valence-corrected chi connectivity index (χ3v) is 2.38. The van der Waals surface area contributed by atoms with Crippen molar-refractivity contribution in [2.45, 2.75) is 19.9 Å². The van der Waals surface area contributed by atoms with Crippen LogP contribution in [0, 0.1) is 6.92 Å². The maximum absolute atomic E-state index is 5.79. The number of nitrogens with one attached hydrogen (secondary N) is 1. The van der Waals surface area contributed by atoms with Gasteiger partial charge in [0.15, 0.2) is 0 Å². The average molecular weight is 215 g/mol. The zero-order valence-electron chi connectivity index (χ0n) is 8.67. The molecule has 0 fully saturated rings. The van der Waals surface area contributed by atoms with Crippen LogP contribution in [0.2, 0.25) is 5.15 Å². The molecule has 14 heavy (non-hydrogen) atoms. The molecule has 0 aliphatic heterocycles. The molecule has 0 saturated carbocycles. The number of aromatic nitrogens is 1. The highest BCUT2D eigenvalue weighted by Crippen LogP contribution is 2.17. The highest BCUT2D eigenvalue weighted by Gasteiger charge is 2.02. The van der Waals surface area contributed by atoms with E-state index in [2.05, 4.69) is 17.2 Å². The quantitative estimate of drug-likeness (QED) is 0.779. The monoisotopic (exact) mass is 214 g/mol. The van der Waals surface area contributed by atoms with Crippen LogP contribution in [-0.2, 0) is 0 Å². The van der Waals surface area contributed by atoms with E-state index in [0.29, 0.717) is 17.8 Å². The topological polar surface area (TPSA) is 34.1 Å². The lowest BCUT2D eigenvalue weighted by Crippen LogP contribution is -2.28. The molecule has 4 heteroatoms. The molecule has 1 heterocycles. The van der Waals surface area contributed by atoms with Gasteiger partial charge in [0.1, 0.15) is 17.5 Å². The number of hydrogen-bond acceptors (Lipinski definition) is 3.